The van der Waals surface area contributed by atoms with Gasteiger partial charge in [-0.25, -0.2) is 4.79 Å². The van der Waals surface area contributed by atoms with E-state index in [-0.39, 0.29) is 6.03 Å². The molecule has 0 radical (unpaired) electrons. The molecule has 0 saturated carbocycles. The lowest BCUT2D eigenvalue weighted by atomic mass is 10.1. The SMILES string of the molecule is CCOCCCNC(=O)Nc1c(C)cc(C)cc1C. The van der Waals surface area contributed by atoms with Crippen LogP contribution in [-0.4, -0.2) is 25.8 Å². The molecule has 0 aromatic heterocycles. The molecule has 0 aliphatic heterocycles. The fraction of sp³-hybridized carbons (Fsp3) is 0.533. The van der Waals surface area contributed by atoms with Gasteiger partial charge in [0.1, 0.15) is 0 Å². The maximum absolute atomic E-state index is 11.8. The van der Waals surface area contributed by atoms with Gasteiger partial charge in [0, 0.05) is 25.4 Å². The highest BCUT2D eigenvalue weighted by Crippen LogP contribution is 2.21. The van der Waals surface area contributed by atoms with Crippen LogP contribution < -0.4 is 10.6 Å². The van der Waals surface area contributed by atoms with E-state index in [1.165, 1.54) is 5.56 Å². The third kappa shape index (κ3) is 5.30. The summed E-state index contributed by atoms with van der Waals surface area (Å²) in [5.74, 6) is 0. The van der Waals surface area contributed by atoms with Crippen molar-refractivity contribution in [3.8, 4) is 0 Å². The number of hydrogen-bond donors (Lipinski definition) is 2. The minimum absolute atomic E-state index is 0.161. The fourth-order valence-corrected chi connectivity index (χ4v) is 2.06. The molecule has 0 fully saturated rings. The maximum atomic E-state index is 11.8. The summed E-state index contributed by atoms with van der Waals surface area (Å²) in [4.78, 5) is 11.8. The Labute approximate surface area is 115 Å². The minimum Gasteiger partial charge on any atom is -0.382 e. The van der Waals surface area contributed by atoms with Crippen molar-refractivity contribution in [3.05, 3.63) is 28.8 Å². The zero-order valence-corrected chi connectivity index (χ0v) is 12.3. The van der Waals surface area contributed by atoms with E-state index < -0.39 is 0 Å². The van der Waals surface area contributed by atoms with Gasteiger partial charge in [-0.15, -0.1) is 0 Å². The summed E-state index contributed by atoms with van der Waals surface area (Å²) in [7, 11) is 0. The van der Waals surface area contributed by atoms with Gasteiger partial charge in [0.25, 0.3) is 0 Å². The third-order valence-corrected chi connectivity index (χ3v) is 2.87. The standard InChI is InChI=1S/C15H24N2O2/c1-5-19-8-6-7-16-15(18)17-14-12(3)9-11(2)10-13(14)4/h9-10H,5-8H2,1-4H3,(H2,16,17,18). The molecule has 106 valence electrons. The first-order chi connectivity index (χ1) is 9.04. The van der Waals surface area contributed by atoms with Crippen molar-refractivity contribution in [2.45, 2.75) is 34.1 Å². The van der Waals surface area contributed by atoms with Crippen LogP contribution in [0.4, 0.5) is 10.5 Å². The molecule has 1 aromatic carbocycles. The minimum atomic E-state index is -0.161. The van der Waals surface area contributed by atoms with E-state index >= 15 is 0 Å². The molecule has 19 heavy (non-hydrogen) atoms. The number of anilines is 1. The number of hydrogen-bond acceptors (Lipinski definition) is 2. The molecule has 0 saturated heterocycles. The van der Waals surface area contributed by atoms with Crippen LogP contribution in [0.25, 0.3) is 0 Å². The molecule has 4 nitrogen and oxygen atoms in total. The Kier molecular flexibility index (Phi) is 6.36. The number of rotatable bonds is 6. The van der Waals surface area contributed by atoms with Crippen molar-refractivity contribution in [1.82, 2.24) is 5.32 Å². The van der Waals surface area contributed by atoms with Crippen molar-refractivity contribution in [3.63, 3.8) is 0 Å². The van der Waals surface area contributed by atoms with Gasteiger partial charge in [0.15, 0.2) is 0 Å². The number of amides is 2. The van der Waals surface area contributed by atoms with Crippen LogP contribution in [0.5, 0.6) is 0 Å². The van der Waals surface area contributed by atoms with Crippen LogP contribution in [0.15, 0.2) is 12.1 Å². The average molecular weight is 264 g/mol. The number of urea groups is 1. The molecule has 0 spiro atoms. The third-order valence-electron chi connectivity index (χ3n) is 2.87. The Hall–Kier alpha value is -1.55. The molecular formula is C15H24N2O2. The average Bonchev–Trinajstić information content (AvgIpc) is 2.33. The maximum Gasteiger partial charge on any atom is 0.319 e. The van der Waals surface area contributed by atoms with Crippen molar-refractivity contribution in [2.75, 3.05) is 25.1 Å². The molecule has 0 aliphatic carbocycles. The monoisotopic (exact) mass is 264 g/mol. The van der Waals surface area contributed by atoms with Gasteiger partial charge >= 0.3 is 6.03 Å². The highest BCUT2D eigenvalue weighted by Gasteiger charge is 2.07. The Morgan fingerprint density at radius 2 is 1.84 bits per heavy atom. The van der Waals surface area contributed by atoms with Crippen LogP contribution in [-0.2, 0) is 4.74 Å². The Balaban J connectivity index is 2.44. The topological polar surface area (TPSA) is 50.4 Å². The van der Waals surface area contributed by atoms with E-state index in [9.17, 15) is 4.79 Å². The second-order valence-corrected chi connectivity index (χ2v) is 4.71. The summed E-state index contributed by atoms with van der Waals surface area (Å²) in [5.41, 5.74) is 4.27. The van der Waals surface area contributed by atoms with Gasteiger partial charge in [-0.2, -0.15) is 0 Å². The number of aryl methyl sites for hydroxylation is 3. The van der Waals surface area contributed by atoms with E-state index in [1.807, 2.05) is 20.8 Å². The van der Waals surface area contributed by atoms with Gasteiger partial charge in [0.05, 0.1) is 0 Å². The molecule has 0 aliphatic rings. The first-order valence-corrected chi connectivity index (χ1v) is 6.75. The normalized spacial score (nSPS) is 10.3. The van der Waals surface area contributed by atoms with Gasteiger partial charge in [-0.3, -0.25) is 0 Å². The lowest BCUT2D eigenvalue weighted by Gasteiger charge is -2.13. The smallest absolute Gasteiger partial charge is 0.319 e. The van der Waals surface area contributed by atoms with Gasteiger partial charge in [-0.05, 0) is 45.2 Å². The molecule has 0 atom stereocenters. The quantitative estimate of drug-likeness (QED) is 0.775. The van der Waals surface area contributed by atoms with Crippen molar-refractivity contribution < 1.29 is 9.53 Å². The molecule has 1 aromatic rings. The lowest BCUT2D eigenvalue weighted by Crippen LogP contribution is -2.30. The zero-order valence-electron chi connectivity index (χ0n) is 12.3. The summed E-state index contributed by atoms with van der Waals surface area (Å²) >= 11 is 0. The number of benzene rings is 1. The highest BCUT2D eigenvalue weighted by molar-refractivity contribution is 5.91. The number of nitrogens with one attached hydrogen (secondary N) is 2. The van der Waals surface area contributed by atoms with Gasteiger partial charge < -0.3 is 15.4 Å². The van der Waals surface area contributed by atoms with E-state index in [0.29, 0.717) is 19.8 Å². The van der Waals surface area contributed by atoms with Crippen molar-refractivity contribution >= 4 is 11.7 Å². The summed E-state index contributed by atoms with van der Waals surface area (Å²) in [6, 6.07) is 3.97. The van der Waals surface area contributed by atoms with E-state index in [0.717, 1.165) is 23.2 Å². The fourth-order valence-electron chi connectivity index (χ4n) is 2.06. The summed E-state index contributed by atoms with van der Waals surface area (Å²) in [6.45, 7) is 10.0. The molecular weight excluding hydrogens is 240 g/mol. The van der Waals surface area contributed by atoms with Crippen LogP contribution in [0.1, 0.15) is 30.0 Å². The van der Waals surface area contributed by atoms with Gasteiger partial charge in [0.2, 0.25) is 0 Å². The predicted octanol–water partition coefficient (Wildman–Crippen LogP) is 3.16. The van der Waals surface area contributed by atoms with Crippen molar-refractivity contribution in [2.24, 2.45) is 0 Å². The molecule has 2 N–H and O–H groups in total. The van der Waals surface area contributed by atoms with Crippen molar-refractivity contribution in [1.29, 1.82) is 0 Å². The summed E-state index contributed by atoms with van der Waals surface area (Å²) in [5, 5.41) is 5.73. The van der Waals surface area contributed by atoms with Crippen LogP contribution in [0.2, 0.25) is 0 Å². The Bertz CT molecular complexity index is 407. The number of carbonyl (C=O) groups is 1. The summed E-state index contributed by atoms with van der Waals surface area (Å²) in [6.07, 6.45) is 0.827. The van der Waals surface area contributed by atoms with E-state index in [1.54, 1.807) is 0 Å². The summed E-state index contributed by atoms with van der Waals surface area (Å²) < 4.78 is 5.21. The lowest BCUT2D eigenvalue weighted by molar-refractivity contribution is 0.145. The molecule has 0 bridgehead atoms. The Morgan fingerprint density at radius 3 is 2.42 bits per heavy atom. The molecule has 2 amide bonds. The first kappa shape index (κ1) is 15.5. The second kappa shape index (κ2) is 7.79. The van der Waals surface area contributed by atoms with E-state index in [4.69, 9.17) is 4.74 Å². The molecule has 4 heteroatoms. The number of carbonyl (C=O) groups excluding carboxylic acids is 1. The van der Waals surface area contributed by atoms with Gasteiger partial charge in [-0.1, -0.05) is 17.7 Å². The highest BCUT2D eigenvalue weighted by atomic mass is 16.5. The largest absolute Gasteiger partial charge is 0.382 e. The predicted molar refractivity (Wildman–Crippen MR) is 78.8 cm³/mol. The number of ether oxygens (including phenoxy) is 1. The Morgan fingerprint density at radius 1 is 1.21 bits per heavy atom. The molecule has 1 rings (SSSR count). The van der Waals surface area contributed by atoms with Crippen LogP contribution in [0.3, 0.4) is 0 Å². The second-order valence-electron chi connectivity index (χ2n) is 4.71. The van der Waals surface area contributed by atoms with Crippen LogP contribution >= 0.6 is 0 Å². The molecule has 0 unspecified atom stereocenters. The zero-order chi connectivity index (χ0) is 14.3. The molecule has 0 heterocycles. The van der Waals surface area contributed by atoms with Crippen LogP contribution in [0, 0.1) is 20.8 Å². The first-order valence-electron chi connectivity index (χ1n) is 6.75. The van der Waals surface area contributed by atoms with E-state index in [2.05, 4.69) is 29.7 Å².